The molecular formula is C11H22O4. The highest BCUT2D eigenvalue weighted by Gasteiger charge is 2.31. The first-order chi connectivity index (χ1) is 7.24. The first-order valence-electron chi connectivity index (χ1n) is 4.96. The maximum absolute atomic E-state index is 5.33. The van der Waals surface area contributed by atoms with Gasteiger partial charge in [-0.25, -0.2) is 0 Å². The van der Waals surface area contributed by atoms with E-state index in [0.29, 0.717) is 39.6 Å². The van der Waals surface area contributed by atoms with E-state index >= 15 is 0 Å². The maximum atomic E-state index is 5.33. The first-order valence-corrected chi connectivity index (χ1v) is 4.96. The summed E-state index contributed by atoms with van der Waals surface area (Å²) in [5.41, 5.74) is -0.265. The average Bonchev–Trinajstić information content (AvgIpc) is 2.24. The van der Waals surface area contributed by atoms with Gasteiger partial charge in [0.05, 0.1) is 31.8 Å². The monoisotopic (exact) mass is 218 g/mol. The zero-order chi connectivity index (χ0) is 11.6. The number of hydrogen-bond donors (Lipinski definition) is 0. The molecule has 0 aliphatic rings. The third kappa shape index (κ3) is 6.10. The largest absolute Gasteiger partial charge is 0.384 e. The van der Waals surface area contributed by atoms with Crippen LogP contribution in [0.25, 0.3) is 0 Å². The van der Waals surface area contributed by atoms with E-state index < -0.39 is 0 Å². The van der Waals surface area contributed by atoms with Crippen molar-refractivity contribution in [1.29, 1.82) is 0 Å². The topological polar surface area (TPSA) is 36.9 Å². The van der Waals surface area contributed by atoms with Crippen LogP contribution in [0.15, 0.2) is 0 Å². The third-order valence-corrected chi connectivity index (χ3v) is 2.01. The molecule has 0 bridgehead atoms. The predicted molar refractivity (Wildman–Crippen MR) is 58.5 cm³/mol. The van der Waals surface area contributed by atoms with Crippen molar-refractivity contribution in [3.8, 4) is 0 Å². The minimum atomic E-state index is -0.265. The Labute approximate surface area is 92.8 Å². The van der Waals surface area contributed by atoms with Gasteiger partial charge in [0.1, 0.15) is 0 Å². The second kappa shape index (κ2) is 9.09. The molecule has 0 saturated carbocycles. The van der Waals surface area contributed by atoms with E-state index in [0.717, 1.165) is 0 Å². The fourth-order valence-electron chi connectivity index (χ4n) is 1.44. The van der Waals surface area contributed by atoms with Crippen molar-refractivity contribution in [2.24, 2.45) is 5.41 Å². The van der Waals surface area contributed by atoms with Crippen LogP contribution in [0, 0.1) is 19.3 Å². The molecule has 0 N–H and O–H groups in total. The quantitative estimate of drug-likeness (QED) is 0.547. The van der Waals surface area contributed by atoms with E-state index in [1.54, 1.807) is 14.2 Å². The molecule has 4 nitrogen and oxygen atoms in total. The first kappa shape index (κ1) is 14.8. The van der Waals surface area contributed by atoms with E-state index in [-0.39, 0.29) is 5.41 Å². The molecule has 0 atom stereocenters. The molecule has 0 rings (SSSR count). The smallest absolute Gasteiger partial charge is 0.0637 e. The van der Waals surface area contributed by atoms with E-state index in [4.69, 9.17) is 18.9 Å². The summed E-state index contributed by atoms with van der Waals surface area (Å²) in [6, 6.07) is 0. The molecule has 0 aromatic heterocycles. The molecule has 0 unspecified atom stereocenters. The van der Waals surface area contributed by atoms with Gasteiger partial charge < -0.3 is 18.9 Å². The number of rotatable bonds is 10. The third-order valence-electron chi connectivity index (χ3n) is 2.01. The minimum Gasteiger partial charge on any atom is -0.384 e. The van der Waals surface area contributed by atoms with Crippen molar-refractivity contribution < 1.29 is 18.9 Å². The Balaban J connectivity index is 4.26. The van der Waals surface area contributed by atoms with Crippen LogP contribution >= 0.6 is 0 Å². The summed E-state index contributed by atoms with van der Waals surface area (Å²) >= 11 is 0. The van der Waals surface area contributed by atoms with Gasteiger partial charge in [0.2, 0.25) is 0 Å². The van der Waals surface area contributed by atoms with Gasteiger partial charge in [-0.15, -0.1) is 0 Å². The van der Waals surface area contributed by atoms with Gasteiger partial charge in [-0.2, -0.15) is 0 Å². The lowest BCUT2D eigenvalue weighted by Gasteiger charge is -2.31. The van der Waals surface area contributed by atoms with Crippen LogP contribution in [0.5, 0.6) is 0 Å². The Morgan fingerprint density at radius 1 is 0.800 bits per heavy atom. The molecule has 2 radical (unpaired) electrons. The molecule has 0 heterocycles. The number of ether oxygens (including phenoxy) is 4. The minimum absolute atomic E-state index is 0.265. The van der Waals surface area contributed by atoms with Gasteiger partial charge in [-0.05, 0) is 13.8 Å². The number of hydrogen-bond acceptors (Lipinski definition) is 4. The fourth-order valence-corrected chi connectivity index (χ4v) is 1.44. The van der Waals surface area contributed by atoms with Crippen LogP contribution in [-0.2, 0) is 18.9 Å². The van der Waals surface area contributed by atoms with Crippen molar-refractivity contribution in [3.05, 3.63) is 13.8 Å². The van der Waals surface area contributed by atoms with Gasteiger partial charge in [0.15, 0.2) is 0 Å². The Bertz CT molecular complexity index is 123. The standard InChI is InChI=1S/C11H22O4/c1-5-14-9-11(7-12-3,8-13-4)10-15-6-2/h1-2,5-10H2,3-4H3. The Morgan fingerprint density at radius 2 is 1.20 bits per heavy atom. The summed E-state index contributed by atoms with van der Waals surface area (Å²) < 4.78 is 21.0. The van der Waals surface area contributed by atoms with Crippen molar-refractivity contribution in [1.82, 2.24) is 0 Å². The zero-order valence-electron chi connectivity index (χ0n) is 9.79. The molecule has 15 heavy (non-hydrogen) atoms. The lowest BCUT2D eigenvalue weighted by molar-refractivity contribution is -0.0860. The van der Waals surface area contributed by atoms with Gasteiger partial charge in [0.25, 0.3) is 0 Å². The summed E-state index contributed by atoms with van der Waals surface area (Å²) in [5, 5.41) is 0. The molecular weight excluding hydrogens is 196 g/mol. The molecule has 4 heteroatoms. The van der Waals surface area contributed by atoms with Gasteiger partial charge in [-0.3, -0.25) is 0 Å². The SMILES string of the molecule is [CH2]COCC(COC)(COC)COC[CH2]. The van der Waals surface area contributed by atoms with Crippen LogP contribution in [-0.4, -0.2) is 53.9 Å². The van der Waals surface area contributed by atoms with Gasteiger partial charge in [-0.1, -0.05) is 0 Å². The van der Waals surface area contributed by atoms with E-state index in [1.807, 2.05) is 0 Å². The predicted octanol–water partition coefficient (Wildman–Crippen LogP) is 0.967. The Kier molecular flexibility index (Phi) is 9.00. The summed E-state index contributed by atoms with van der Waals surface area (Å²) in [7, 11) is 3.30. The summed E-state index contributed by atoms with van der Waals surface area (Å²) in [6.45, 7) is 10.2. The van der Waals surface area contributed by atoms with Crippen LogP contribution in [0.3, 0.4) is 0 Å². The van der Waals surface area contributed by atoms with Gasteiger partial charge >= 0.3 is 0 Å². The average molecular weight is 218 g/mol. The molecule has 0 aliphatic heterocycles. The van der Waals surface area contributed by atoms with Crippen LogP contribution in [0.4, 0.5) is 0 Å². The van der Waals surface area contributed by atoms with Crippen molar-refractivity contribution in [2.75, 3.05) is 53.9 Å². The molecule has 0 fully saturated rings. The highest BCUT2D eigenvalue weighted by Crippen LogP contribution is 2.19. The highest BCUT2D eigenvalue weighted by atomic mass is 16.5. The summed E-state index contributed by atoms with van der Waals surface area (Å²) in [5.74, 6) is 0. The summed E-state index contributed by atoms with van der Waals surface area (Å²) in [6.07, 6.45) is 0. The fraction of sp³-hybridized carbons (Fsp3) is 0.818. The highest BCUT2D eigenvalue weighted by molar-refractivity contribution is 4.79. The summed E-state index contributed by atoms with van der Waals surface area (Å²) in [4.78, 5) is 0. The lowest BCUT2D eigenvalue weighted by atomic mass is 9.92. The lowest BCUT2D eigenvalue weighted by Crippen LogP contribution is -2.41. The van der Waals surface area contributed by atoms with Crippen LogP contribution in [0.2, 0.25) is 0 Å². The van der Waals surface area contributed by atoms with Crippen LogP contribution < -0.4 is 0 Å². The molecule has 0 aromatic carbocycles. The van der Waals surface area contributed by atoms with Crippen molar-refractivity contribution in [3.63, 3.8) is 0 Å². The second-order valence-corrected chi connectivity index (χ2v) is 3.47. The number of methoxy groups -OCH3 is 2. The van der Waals surface area contributed by atoms with Crippen LogP contribution in [0.1, 0.15) is 0 Å². The van der Waals surface area contributed by atoms with E-state index in [9.17, 15) is 0 Å². The maximum Gasteiger partial charge on any atom is 0.0637 e. The van der Waals surface area contributed by atoms with Crippen molar-refractivity contribution in [2.45, 2.75) is 0 Å². The molecule has 0 aliphatic carbocycles. The van der Waals surface area contributed by atoms with Gasteiger partial charge in [0, 0.05) is 27.4 Å². The molecule has 0 aromatic rings. The molecule has 0 saturated heterocycles. The van der Waals surface area contributed by atoms with Crippen molar-refractivity contribution >= 4 is 0 Å². The normalized spacial score (nSPS) is 12.0. The Morgan fingerprint density at radius 3 is 1.47 bits per heavy atom. The Hall–Kier alpha value is -0.160. The molecule has 0 spiro atoms. The van der Waals surface area contributed by atoms with E-state index in [2.05, 4.69) is 13.8 Å². The molecule has 90 valence electrons. The molecule has 0 amide bonds. The second-order valence-electron chi connectivity index (χ2n) is 3.47. The zero-order valence-corrected chi connectivity index (χ0v) is 9.79. The van der Waals surface area contributed by atoms with E-state index in [1.165, 1.54) is 0 Å².